The molecule has 1 fully saturated rings. The Morgan fingerprint density at radius 2 is 2.27 bits per heavy atom. The fraction of sp³-hybridized carbons (Fsp3) is 0.364. The molecule has 1 aliphatic rings. The summed E-state index contributed by atoms with van der Waals surface area (Å²) in [5, 5.41) is 0.634. The van der Waals surface area contributed by atoms with Gasteiger partial charge in [-0.05, 0) is 24.1 Å². The molecule has 3 nitrogen and oxygen atoms in total. The SMILES string of the molecule is NCc1ccc(N2CCCC2=O)cc1Cl. The van der Waals surface area contributed by atoms with Crippen LogP contribution < -0.4 is 10.6 Å². The highest BCUT2D eigenvalue weighted by Crippen LogP contribution is 2.26. The van der Waals surface area contributed by atoms with Crippen LogP contribution in [-0.4, -0.2) is 12.5 Å². The van der Waals surface area contributed by atoms with Crippen LogP contribution in [0.15, 0.2) is 18.2 Å². The Kier molecular flexibility index (Phi) is 2.93. The molecule has 0 aromatic heterocycles. The first-order chi connectivity index (χ1) is 7.22. The normalized spacial score (nSPS) is 16.1. The number of benzene rings is 1. The third-order valence-electron chi connectivity index (χ3n) is 2.64. The molecule has 1 saturated heterocycles. The highest BCUT2D eigenvalue weighted by Gasteiger charge is 2.21. The van der Waals surface area contributed by atoms with Crippen LogP contribution in [0.25, 0.3) is 0 Å². The van der Waals surface area contributed by atoms with E-state index in [4.69, 9.17) is 17.3 Å². The van der Waals surface area contributed by atoms with E-state index in [-0.39, 0.29) is 5.91 Å². The van der Waals surface area contributed by atoms with E-state index in [0.717, 1.165) is 24.2 Å². The molecule has 2 N–H and O–H groups in total. The van der Waals surface area contributed by atoms with E-state index in [0.29, 0.717) is 18.0 Å². The summed E-state index contributed by atoms with van der Waals surface area (Å²) >= 11 is 6.04. The predicted molar refractivity (Wildman–Crippen MR) is 60.9 cm³/mol. The highest BCUT2D eigenvalue weighted by atomic mass is 35.5. The minimum absolute atomic E-state index is 0.173. The summed E-state index contributed by atoms with van der Waals surface area (Å²) in [5.41, 5.74) is 7.30. The lowest BCUT2D eigenvalue weighted by Gasteiger charge is -2.16. The van der Waals surface area contributed by atoms with Crippen molar-refractivity contribution in [1.82, 2.24) is 0 Å². The average molecular weight is 225 g/mol. The van der Waals surface area contributed by atoms with Crippen molar-refractivity contribution in [3.63, 3.8) is 0 Å². The van der Waals surface area contributed by atoms with Gasteiger partial charge < -0.3 is 10.6 Å². The van der Waals surface area contributed by atoms with Gasteiger partial charge in [0.1, 0.15) is 0 Å². The van der Waals surface area contributed by atoms with Gasteiger partial charge in [-0.3, -0.25) is 4.79 Å². The van der Waals surface area contributed by atoms with Gasteiger partial charge in [-0.1, -0.05) is 17.7 Å². The topological polar surface area (TPSA) is 46.3 Å². The van der Waals surface area contributed by atoms with Crippen molar-refractivity contribution in [1.29, 1.82) is 0 Å². The number of nitrogens with two attached hydrogens (primary N) is 1. The summed E-state index contributed by atoms with van der Waals surface area (Å²) in [5.74, 6) is 0.173. The van der Waals surface area contributed by atoms with Crippen LogP contribution in [-0.2, 0) is 11.3 Å². The van der Waals surface area contributed by atoms with Crippen LogP contribution in [0.4, 0.5) is 5.69 Å². The zero-order chi connectivity index (χ0) is 10.8. The Balaban J connectivity index is 2.29. The number of anilines is 1. The first kappa shape index (κ1) is 10.5. The van der Waals surface area contributed by atoms with Crippen LogP contribution in [0, 0.1) is 0 Å². The zero-order valence-electron chi connectivity index (χ0n) is 8.37. The molecule has 0 atom stereocenters. The lowest BCUT2D eigenvalue weighted by Crippen LogP contribution is -2.23. The lowest BCUT2D eigenvalue weighted by molar-refractivity contribution is -0.117. The van der Waals surface area contributed by atoms with Crippen LogP contribution in [0.1, 0.15) is 18.4 Å². The average Bonchev–Trinajstić information content (AvgIpc) is 2.64. The van der Waals surface area contributed by atoms with Crippen molar-refractivity contribution in [2.45, 2.75) is 19.4 Å². The molecule has 0 unspecified atom stereocenters. The van der Waals surface area contributed by atoms with E-state index in [1.807, 2.05) is 18.2 Å². The maximum Gasteiger partial charge on any atom is 0.227 e. The van der Waals surface area contributed by atoms with Gasteiger partial charge >= 0.3 is 0 Å². The van der Waals surface area contributed by atoms with Crippen molar-refractivity contribution in [2.75, 3.05) is 11.4 Å². The van der Waals surface area contributed by atoms with Gasteiger partial charge in [0, 0.05) is 30.2 Å². The molecule has 80 valence electrons. The molecule has 0 aliphatic carbocycles. The van der Waals surface area contributed by atoms with Crippen molar-refractivity contribution in [3.8, 4) is 0 Å². The van der Waals surface area contributed by atoms with E-state index in [9.17, 15) is 4.79 Å². The Morgan fingerprint density at radius 3 is 2.80 bits per heavy atom. The van der Waals surface area contributed by atoms with Gasteiger partial charge in [0.25, 0.3) is 0 Å². The maximum atomic E-state index is 11.5. The van der Waals surface area contributed by atoms with Crippen molar-refractivity contribution < 1.29 is 4.79 Å². The number of hydrogen-bond donors (Lipinski definition) is 1. The Bertz CT molecular complexity index is 392. The molecule has 1 heterocycles. The number of halogens is 1. The van der Waals surface area contributed by atoms with Gasteiger partial charge in [0.2, 0.25) is 5.91 Å². The van der Waals surface area contributed by atoms with E-state index < -0.39 is 0 Å². The Labute approximate surface area is 93.8 Å². The first-order valence-electron chi connectivity index (χ1n) is 5.01. The lowest BCUT2D eigenvalue weighted by atomic mass is 10.2. The van der Waals surface area contributed by atoms with Gasteiger partial charge in [0.05, 0.1) is 0 Å². The highest BCUT2D eigenvalue weighted by molar-refractivity contribution is 6.31. The quantitative estimate of drug-likeness (QED) is 0.835. The molecule has 15 heavy (non-hydrogen) atoms. The van der Waals surface area contributed by atoms with Crippen LogP contribution >= 0.6 is 11.6 Å². The molecule has 4 heteroatoms. The Morgan fingerprint density at radius 1 is 1.47 bits per heavy atom. The van der Waals surface area contributed by atoms with Crippen molar-refractivity contribution >= 4 is 23.2 Å². The van der Waals surface area contributed by atoms with Gasteiger partial charge in [-0.15, -0.1) is 0 Å². The molecule has 1 aromatic carbocycles. The molecular weight excluding hydrogens is 212 g/mol. The number of carbonyl (C=O) groups is 1. The summed E-state index contributed by atoms with van der Waals surface area (Å²) in [6, 6.07) is 5.59. The summed E-state index contributed by atoms with van der Waals surface area (Å²) in [7, 11) is 0. The second-order valence-corrected chi connectivity index (χ2v) is 4.04. The fourth-order valence-electron chi connectivity index (χ4n) is 1.79. The minimum Gasteiger partial charge on any atom is -0.326 e. The molecule has 1 amide bonds. The molecule has 0 radical (unpaired) electrons. The number of rotatable bonds is 2. The molecule has 0 bridgehead atoms. The van der Waals surface area contributed by atoms with Gasteiger partial charge in [0.15, 0.2) is 0 Å². The standard InChI is InChI=1S/C11H13ClN2O/c12-10-6-9(4-3-8(10)7-13)14-5-1-2-11(14)15/h3-4,6H,1-2,5,7,13H2. The third kappa shape index (κ3) is 1.98. The molecule has 1 aromatic rings. The van der Waals surface area contributed by atoms with E-state index in [1.165, 1.54) is 0 Å². The number of amides is 1. The number of nitrogens with zero attached hydrogens (tertiary/aromatic N) is 1. The fourth-order valence-corrected chi connectivity index (χ4v) is 2.04. The zero-order valence-corrected chi connectivity index (χ0v) is 9.13. The minimum atomic E-state index is 0.173. The molecule has 0 saturated carbocycles. The van der Waals surface area contributed by atoms with Crippen LogP contribution in [0.3, 0.4) is 0 Å². The number of hydrogen-bond acceptors (Lipinski definition) is 2. The second kappa shape index (κ2) is 4.21. The van der Waals surface area contributed by atoms with Gasteiger partial charge in [-0.2, -0.15) is 0 Å². The summed E-state index contributed by atoms with van der Waals surface area (Å²) in [4.78, 5) is 13.3. The second-order valence-electron chi connectivity index (χ2n) is 3.63. The predicted octanol–water partition coefficient (Wildman–Crippen LogP) is 1.93. The third-order valence-corrected chi connectivity index (χ3v) is 2.99. The molecule has 2 rings (SSSR count). The summed E-state index contributed by atoms with van der Waals surface area (Å²) < 4.78 is 0. The maximum absolute atomic E-state index is 11.5. The van der Waals surface area contributed by atoms with Crippen molar-refractivity contribution in [3.05, 3.63) is 28.8 Å². The molecular formula is C11H13ClN2O. The van der Waals surface area contributed by atoms with E-state index >= 15 is 0 Å². The first-order valence-corrected chi connectivity index (χ1v) is 5.39. The Hall–Kier alpha value is -1.06. The van der Waals surface area contributed by atoms with Crippen LogP contribution in [0.2, 0.25) is 5.02 Å². The summed E-state index contributed by atoms with van der Waals surface area (Å²) in [6.45, 7) is 1.21. The summed E-state index contributed by atoms with van der Waals surface area (Å²) in [6.07, 6.45) is 1.56. The monoisotopic (exact) mass is 224 g/mol. The molecule has 0 spiro atoms. The van der Waals surface area contributed by atoms with Crippen molar-refractivity contribution in [2.24, 2.45) is 5.73 Å². The van der Waals surface area contributed by atoms with Gasteiger partial charge in [-0.25, -0.2) is 0 Å². The molecule has 1 aliphatic heterocycles. The van der Waals surface area contributed by atoms with Crippen LogP contribution in [0.5, 0.6) is 0 Å². The van der Waals surface area contributed by atoms with E-state index in [2.05, 4.69) is 0 Å². The number of carbonyl (C=O) groups excluding carboxylic acids is 1. The largest absolute Gasteiger partial charge is 0.326 e. The van der Waals surface area contributed by atoms with E-state index in [1.54, 1.807) is 4.90 Å². The smallest absolute Gasteiger partial charge is 0.227 e.